The molecule has 4 heteroatoms. The number of ketones is 1. The molecule has 1 atom stereocenters. The van der Waals surface area contributed by atoms with Gasteiger partial charge in [0.1, 0.15) is 11.5 Å². The molecule has 0 saturated heterocycles. The summed E-state index contributed by atoms with van der Waals surface area (Å²) in [4.78, 5) is 12.2. The van der Waals surface area contributed by atoms with Gasteiger partial charge in [0, 0.05) is 5.56 Å². The molecule has 1 unspecified atom stereocenters. The summed E-state index contributed by atoms with van der Waals surface area (Å²) in [5, 5.41) is 0.430. The predicted octanol–water partition coefficient (Wildman–Crippen LogP) is 6.12. The lowest BCUT2D eigenvalue weighted by Crippen LogP contribution is -2.16. The second-order valence-corrected chi connectivity index (χ2v) is 7.03. The van der Waals surface area contributed by atoms with Crippen molar-refractivity contribution in [2.45, 2.75) is 25.1 Å². The lowest BCUT2D eigenvalue weighted by molar-refractivity contribution is 0.0984. The van der Waals surface area contributed by atoms with Gasteiger partial charge in [-0.2, -0.15) is 0 Å². The first-order valence-electron chi connectivity index (χ1n) is 7.18. The van der Waals surface area contributed by atoms with Crippen LogP contribution >= 0.6 is 27.5 Å². The van der Waals surface area contributed by atoms with Crippen molar-refractivity contribution in [3.8, 4) is 11.5 Å². The van der Waals surface area contributed by atoms with Crippen LogP contribution in [0.15, 0.2) is 48.5 Å². The molecular formula is C18H18BrClO2. The smallest absolute Gasteiger partial charge is 0.176 e. The second kappa shape index (κ2) is 7.80. The number of hydrogen-bond acceptors (Lipinski definition) is 2. The van der Waals surface area contributed by atoms with Crippen LogP contribution in [0, 0.1) is 5.92 Å². The monoisotopic (exact) mass is 380 g/mol. The summed E-state index contributed by atoms with van der Waals surface area (Å²) in [6.45, 7) is 4.18. The molecule has 0 N–H and O–H groups in total. The Balaban J connectivity index is 2.14. The first-order valence-corrected chi connectivity index (χ1v) is 8.47. The zero-order chi connectivity index (χ0) is 16.1. The molecule has 0 heterocycles. The normalized spacial score (nSPS) is 12.2. The molecule has 0 aromatic heterocycles. The summed E-state index contributed by atoms with van der Waals surface area (Å²) in [7, 11) is 0. The molecule has 0 saturated carbocycles. The van der Waals surface area contributed by atoms with Crippen LogP contribution in [0.1, 0.15) is 30.6 Å². The van der Waals surface area contributed by atoms with Crippen molar-refractivity contribution in [2.24, 2.45) is 5.92 Å². The fourth-order valence-electron chi connectivity index (χ4n) is 2.05. The largest absolute Gasteiger partial charge is 0.456 e. The average Bonchev–Trinajstić information content (AvgIpc) is 2.49. The highest BCUT2D eigenvalue weighted by atomic mass is 79.9. The van der Waals surface area contributed by atoms with Crippen LogP contribution in [0.4, 0.5) is 0 Å². The minimum atomic E-state index is -0.190. The van der Waals surface area contributed by atoms with Crippen LogP contribution in [0.2, 0.25) is 5.02 Å². The van der Waals surface area contributed by atoms with Gasteiger partial charge in [0.2, 0.25) is 0 Å². The Labute approximate surface area is 144 Å². The van der Waals surface area contributed by atoms with Crippen molar-refractivity contribution in [1.82, 2.24) is 0 Å². The molecule has 2 aromatic carbocycles. The molecule has 0 amide bonds. The summed E-state index contributed by atoms with van der Waals surface area (Å²) >= 11 is 9.69. The predicted molar refractivity (Wildman–Crippen MR) is 94.5 cm³/mol. The van der Waals surface area contributed by atoms with E-state index in [-0.39, 0.29) is 10.6 Å². The van der Waals surface area contributed by atoms with E-state index in [1.165, 1.54) is 0 Å². The fraction of sp³-hybridized carbons (Fsp3) is 0.278. The molecule has 2 nitrogen and oxygen atoms in total. The van der Waals surface area contributed by atoms with Gasteiger partial charge in [-0.15, -0.1) is 0 Å². The Morgan fingerprint density at radius 2 is 1.86 bits per heavy atom. The first kappa shape index (κ1) is 17.0. The van der Waals surface area contributed by atoms with Crippen LogP contribution in [0.5, 0.6) is 11.5 Å². The van der Waals surface area contributed by atoms with E-state index in [4.69, 9.17) is 16.3 Å². The molecule has 0 radical (unpaired) electrons. The van der Waals surface area contributed by atoms with Gasteiger partial charge in [0.15, 0.2) is 5.78 Å². The van der Waals surface area contributed by atoms with Crippen LogP contribution in [0.3, 0.4) is 0 Å². The molecule has 0 aliphatic rings. The molecule has 2 aromatic rings. The standard InChI is InChI=1S/C18H18BrClO2/c1-12(2)10-15(19)18(21)13-8-9-17(16(20)11-13)22-14-6-4-3-5-7-14/h3-9,11-12,15H,10H2,1-2H3. The molecule has 116 valence electrons. The number of rotatable bonds is 6. The highest BCUT2D eigenvalue weighted by Gasteiger charge is 2.19. The highest BCUT2D eigenvalue weighted by molar-refractivity contribution is 9.10. The number of benzene rings is 2. The molecule has 0 aliphatic carbocycles. The van der Waals surface area contributed by atoms with Gasteiger partial charge in [-0.25, -0.2) is 0 Å². The van der Waals surface area contributed by atoms with Gasteiger partial charge in [0.05, 0.1) is 9.85 Å². The quantitative estimate of drug-likeness (QED) is 0.445. The van der Waals surface area contributed by atoms with E-state index in [0.29, 0.717) is 28.0 Å². The maximum Gasteiger partial charge on any atom is 0.176 e. The van der Waals surface area contributed by atoms with E-state index >= 15 is 0 Å². The third kappa shape index (κ3) is 4.59. The summed E-state index contributed by atoms with van der Waals surface area (Å²) < 4.78 is 5.71. The number of halogens is 2. The van der Waals surface area contributed by atoms with Crippen molar-refractivity contribution < 1.29 is 9.53 Å². The van der Waals surface area contributed by atoms with Gasteiger partial charge in [-0.3, -0.25) is 4.79 Å². The number of ether oxygens (including phenoxy) is 1. The number of Topliss-reactive ketones (excluding diaryl/α,β-unsaturated/α-hetero) is 1. The number of alkyl halides is 1. The van der Waals surface area contributed by atoms with E-state index < -0.39 is 0 Å². The Kier molecular flexibility index (Phi) is 6.04. The summed E-state index contributed by atoms with van der Waals surface area (Å²) in [5.74, 6) is 1.74. The van der Waals surface area contributed by atoms with Gasteiger partial charge in [0.25, 0.3) is 0 Å². The Morgan fingerprint density at radius 1 is 1.18 bits per heavy atom. The van der Waals surface area contributed by atoms with Gasteiger partial charge in [-0.1, -0.05) is 59.6 Å². The second-order valence-electron chi connectivity index (χ2n) is 5.52. The van der Waals surface area contributed by atoms with E-state index in [0.717, 1.165) is 6.42 Å². The van der Waals surface area contributed by atoms with Crippen LogP contribution in [-0.2, 0) is 0 Å². The SMILES string of the molecule is CC(C)CC(Br)C(=O)c1ccc(Oc2ccccc2)c(Cl)c1. The molecule has 0 spiro atoms. The lowest BCUT2D eigenvalue weighted by Gasteiger charge is -2.13. The van der Waals surface area contributed by atoms with E-state index in [1.54, 1.807) is 18.2 Å². The van der Waals surface area contributed by atoms with Crippen molar-refractivity contribution in [1.29, 1.82) is 0 Å². The Morgan fingerprint density at radius 3 is 2.45 bits per heavy atom. The molecular weight excluding hydrogens is 364 g/mol. The van der Waals surface area contributed by atoms with Gasteiger partial charge < -0.3 is 4.74 Å². The molecule has 0 aliphatic heterocycles. The fourth-order valence-corrected chi connectivity index (χ4v) is 3.29. The molecule has 2 rings (SSSR count). The molecule has 22 heavy (non-hydrogen) atoms. The third-order valence-corrected chi connectivity index (χ3v) is 4.24. The summed E-state index contributed by atoms with van der Waals surface area (Å²) in [6, 6.07) is 14.6. The Bertz CT molecular complexity index is 641. The zero-order valence-corrected chi connectivity index (χ0v) is 14.9. The summed E-state index contributed by atoms with van der Waals surface area (Å²) in [5.41, 5.74) is 0.591. The van der Waals surface area contributed by atoms with E-state index in [1.807, 2.05) is 30.3 Å². The number of carbonyl (C=O) groups is 1. The highest BCUT2D eigenvalue weighted by Crippen LogP contribution is 2.31. The van der Waals surface area contributed by atoms with Crippen molar-refractivity contribution in [2.75, 3.05) is 0 Å². The first-order chi connectivity index (χ1) is 10.5. The van der Waals surface area contributed by atoms with E-state index in [9.17, 15) is 4.79 Å². The lowest BCUT2D eigenvalue weighted by atomic mass is 10.0. The van der Waals surface area contributed by atoms with Crippen molar-refractivity contribution in [3.63, 3.8) is 0 Å². The van der Waals surface area contributed by atoms with Gasteiger partial charge in [-0.05, 0) is 42.7 Å². The number of para-hydroxylation sites is 1. The molecule has 0 bridgehead atoms. The molecule has 0 fully saturated rings. The minimum Gasteiger partial charge on any atom is -0.456 e. The zero-order valence-electron chi connectivity index (χ0n) is 12.6. The number of carbonyl (C=O) groups excluding carboxylic acids is 1. The number of hydrogen-bond donors (Lipinski definition) is 0. The average molecular weight is 382 g/mol. The van der Waals surface area contributed by atoms with Crippen LogP contribution < -0.4 is 4.74 Å². The summed E-state index contributed by atoms with van der Waals surface area (Å²) in [6.07, 6.45) is 0.790. The van der Waals surface area contributed by atoms with Crippen LogP contribution in [-0.4, -0.2) is 10.6 Å². The Hall–Kier alpha value is -1.32. The maximum atomic E-state index is 12.4. The van der Waals surface area contributed by atoms with Gasteiger partial charge >= 0.3 is 0 Å². The van der Waals surface area contributed by atoms with Crippen molar-refractivity contribution in [3.05, 3.63) is 59.1 Å². The van der Waals surface area contributed by atoms with Crippen LogP contribution in [0.25, 0.3) is 0 Å². The third-order valence-electron chi connectivity index (χ3n) is 3.15. The maximum absolute atomic E-state index is 12.4. The van der Waals surface area contributed by atoms with Crippen molar-refractivity contribution >= 4 is 33.3 Å². The topological polar surface area (TPSA) is 26.3 Å². The minimum absolute atomic E-state index is 0.0434. The van der Waals surface area contributed by atoms with E-state index in [2.05, 4.69) is 29.8 Å².